The van der Waals surface area contributed by atoms with Crippen LogP contribution in [0.15, 0.2) is 21.9 Å². The Hall–Kier alpha value is -1.58. The van der Waals surface area contributed by atoms with Crippen LogP contribution in [0.2, 0.25) is 0 Å². The Morgan fingerprint density at radius 3 is 3.40 bits per heavy atom. The Balaban J connectivity index is 2.88. The number of aromatic amines is 1. The Kier molecular flexibility index (Phi) is 0.887. The van der Waals surface area contributed by atoms with Crippen molar-refractivity contribution in [1.82, 2.24) is 10.1 Å². The minimum absolute atomic E-state index is 0.632. The van der Waals surface area contributed by atoms with Crippen molar-refractivity contribution in [2.24, 2.45) is 4.99 Å². The molecule has 10 heavy (non-hydrogen) atoms. The summed E-state index contributed by atoms with van der Waals surface area (Å²) in [6.45, 7) is 3.36. The average Bonchev–Trinajstić information content (AvgIpc) is 2.44. The molecule has 2 heterocycles. The van der Waals surface area contributed by atoms with Crippen molar-refractivity contribution in [2.45, 2.75) is 0 Å². The number of hydrogen-bond acceptors (Lipinski definition) is 3. The number of fused-ring (bicyclic) bond motifs is 1. The van der Waals surface area contributed by atoms with E-state index in [1.165, 1.54) is 0 Å². The van der Waals surface area contributed by atoms with Crippen LogP contribution in [0.25, 0.3) is 11.0 Å². The number of hydrogen-bond donors (Lipinski definition) is 1. The Labute approximate surface area is 56.5 Å². The van der Waals surface area contributed by atoms with Gasteiger partial charge in [-0.2, -0.15) is 0 Å². The molecular formula is C6H5N3O. The second kappa shape index (κ2) is 1.70. The first-order valence-corrected chi connectivity index (χ1v) is 2.80. The molecule has 2 aromatic rings. The van der Waals surface area contributed by atoms with Gasteiger partial charge in [-0.15, -0.1) is 0 Å². The zero-order valence-corrected chi connectivity index (χ0v) is 5.16. The van der Waals surface area contributed by atoms with Crippen LogP contribution in [0, 0.1) is 0 Å². The summed E-state index contributed by atoms with van der Waals surface area (Å²) in [7, 11) is 0. The molecule has 0 saturated heterocycles. The van der Waals surface area contributed by atoms with Crippen LogP contribution in [-0.2, 0) is 0 Å². The number of aliphatic imine (C=N–C) groups is 1. The molecule has 0 atom stereocenters. The van der Waals surface area contributed by atoms with Gasteiger partial charge >= 0.3 is 0 Å². The molecule has 0 fully saturated rings. The summed E-state index contributed by atoms with van der Waals surface area (Å²) in [6, 6.07) is 0. The van der Waals surface area contributed by atoms with Gasteiger partial charge in [0, 0.05) is 6.20 Å². The van der Waals surface area contributed by atoms with Crippen molar-refractivity contribution < 1.29 is 4.52 Å². The van der Waals surface area contributed by atoms with Gasteiger partial charge in [-0.1, -0.05) is 5.16 Å². The summed E-state index contributed by atoms with van der Waals surface area (Å²) in [5, 5.41) is 4.51. The van der Waals surface area contributed by atoms with Gasteiger partial charge in [0.2, 0.25) is 5.58 Å². The third-order valence-electron chi connectivity index (χ3n) is 1.34. The molecule has 0 bridgehead atoms. The van der Waals surface area contributed by atoms with Crippen LogP contribution in [-0.4, -0.2) is 16.9 Å². The lowest BCUT2D eigenvalue weighted by Crippen LogP contribution is -1.58. The van der Waals surface area contributed by atoms with Gasteiger partial charge < -0.3 is 9.51 Å². The van der Waals surface area contributed by atoms with E-state index in [1.807, 2.05) is 0 Å². The van der Waals surface area contributed by atoms with Crippen molar-refractivity contribution >= 4 is 23.5 Å². The highest BCUT2D eigenvalue weighted by atomic mass is 16.5. The number of H-pyrrole nitrogens is 1. The number of aromatic nitrogens is 2. The minimum atomic E-state index is 0.632. The molecule has 2 rings (SSSR count). The predicted molar refractivity (Wildman–Crippen MR) is 37.6 cm³/mol. The third kappa shape index (κ3) is 0.500. The number of nitrogens with zero attached hydrogens (tertiary/aromatic N) is 2. The van der Waals surface area contributed by atoms with Crippen molar-refractivity contribution in [3.05, 3.63) is 12.4 Å². The standard InChI is InChI=1S/C6H5N3O/c1-7-6-5-4(2-8-6)3-9-10-5/h2-3,8H,1H2. The van der Waals surface area contributed by atoms with E-state index >= 15 is 0 Å². The molecule has 0 aliphatic carbocycles. The molecule has 0 aliphatic rings. The zero-order chi connectivity index (χ0) is 6.97. The van der Waals surface area contributed by atoms with E-state index < -0.39 is 0 Å². The summed E-state index contributed by atoms with van der Waals surface area (Å²) in [5.41, 5.74) is 0.662. The van der Waals surface area contributed by atoms with Crippen LogP contribution >= 0.6 is 0 Å². The Bertz CT molecular complexity index is 360. The van der Waals surface area contributed by atoms with Gasteiger partial charge in [0.15, 0.2) is 5.82 Å². The van der Waals surface area contributed by atoms with Crippen molar-refractivity contribution in [2.75, 3.05) is 0 Å². The third-order valence-corrected chi connectivity index (χ3v) is 1.34. The van der Waals surface area contributed by atoms with Gasteiger partial charge in [-0.05, 0) is 6.72 Å². The molecule has 4 heteroatoms. The quantitative estimate of drug-likeness (QED) is 0.602. The van der Waals surface area contributed by atoms with Gasteiger partial charge in [-0.25, -0.2) is 4.99 Å². The Morgan fingerprint density at radius 2 is 2.60 bits per heavy atom. The fraction of sp³-hybridized carbons (Fsp3) is 0. The van der Waals surface area contributed by atoms with Crippen LogP contribution in [0.5, 0.6) is 0 Å². The fourth-order valence-electron chi connectivity index (χ4n) is 0.859. The maximum absolute atomic E-state index is 4.86. The molecule has 0 aromatic carbocycles. The molecule has 0 amide bonds. The van der Waals surface area contributed by atoms with Crippen molar-refractivity contribution in [3.8, 4) is 0 Å². The fourth-order valence-corrected chi connectivity index (χ4v) is 0.859. The molecule has 0 spiro atoms. The van der Waals surface area contributed by atoms with E-state index in [0.717, 1.165) is 5.39 Å². The van der Waals surface area contributed by atoms with E-state index in [0.29, 0.717) is 11.4 Å². The van der Waals surface area contributed by atoms with Gasteiger partial charge in [0.05, 0.1) is 11.6 Å². The molecule has 0 unspecified atom stereocenters. The average molecular weight is 135 g/mol. The number of rotatable bonds is 1. The summed E-state index contributed by atoms with van der Waals surface area (Å²) in [4.78, 5) is 6.57. The highest BCUT2D eigenvalue weighted by molar-refractivity contribution is 5.85. The number of nitrogens with one attached hydrogen (secondary N) is 1. The minimum Gasteiger partial charge on any atom is -0.352 e. The first kappa shape index (κ1) is 5.22. The maximum Gasteiger partial charge on any atom is 0.210 e. The van der Waals surface area contributed by atoms with Gasteiger partial charge in [0.1, 0.15) is 0 Å². The molecule has 1 N–H and O–H groups in total. The molecule has 4 nitrogen and oxygen atoms in total. The topological polar surface area (TPSA) is 54.2 Å². The predicted octanol–water partition coefficient (Wildman–Crippen LogP) is 1.49. The van der Waals surface area contributed by atoms with Crippen LogP contribution in [0.3, 0.4) is 0 Å². The summed E-state index contributed by atoms with van der Waals surface area (Å²) >= 11 is 0. The van der Waals surface area contributed by atoms with Crippen LogP contribution in [0.1, 0.15) is 0 Å². The van der Waals surface area contributed by atoms with E-state index in [9.17, 15) is 0 Å². The molecule has 2 aromatic heterocycles. The molecule has 0 saturated carbocycles. The van der Waals surface area contributed by atoms with Crippen molar-refractivity contribution in [3.63, 3.8) is 0 Å². The smallest absolute Gasteiger partial charge is 0.210 e. The summed E-state index contributed by atoms with van der Waals surface area (Å²) in [6.07, 6.45) is 3.40. The van der Waals surface area contributed by atoms with E-state index in [1.54, 1.807) is 12.4 Å². The highest BCUT2D eigenvalue weighted by Gasteiger charge is 2.04. The Morgan fingerprint density at radius 1 is 1.70 bits per heavy atom. The molecule has 0 radical (unpaired) electrons. The van der Waals surface area contributed by atoms with Gasteiger partial charge in [0.25, 0.3) is 0 Å². The van der Waals surface area contributed by atoms with Crippen molar-refractivity contribution in [1.29, 1.82) is 0 Å². The first-order valence-electron chi connectivity index (χ1n) is 2.80. The van der Waals surface area contributed by atoms with E-state index in [-0.39, 0.29) is 0 Å². The van der Waals surface area contributed by atoms with E-state index in [4.69, 9.17) is 4.52 Å². The largest absolute Gasteiger partial charge is 0.352 e. The first-order chi connectivity index (χ1) is 4.92. The molecular weight excluding hydrogens is 130 g/mol. The highest BCUT2D eigenvalue weighted by Crippen LogP contribution is 2.23. The maximum atomic E-state index is 4.86. The molecule has 50 valence electrons. The van der Waals surface area contributed by atoms with E-state index in [2.05, 4.69) is 21.9 Å². The van der Waals surface area contributed by atoms with Crippen LogP contribution < -0.4 is 0 Å². The zero-order valence-electron chi connectivity index (χ0n) is 5.16. The van der Waals surface area contributed by atoms with Gasteiger partial charge in [-0.3, -0.25) is 0 Å². The lowest BCUT2D eigenvalue weighted by molar-refractivity contribution is 0.456. The monoisotopic (exact) mass is 135 g/mol. The molecule has 0 aliphatic heterocycles. The lowest BCUT2D eigenvalue weighted by Gasteiger charge is -1.78. The second-order valence-electron chi connectivity index (χ2n) is 1.91. The SMILES string of the molecule is C=Nc1[nH]cc2cnoc12. The normalized spacial score (nSPS) is 10.4. The van der Waals surface area contributed by atoms with Crippen LogP contribution in [0.4, 0.5) is 5.82 Å². The summed E-state index contributed by atoms with van der Waals surface area (Å²) in [5.74, 6) is 0.632. The lowest BCUT2D eigenvalue weighted by atomic mass is 10.4. The second-order valence-corrected chi connectivity index (χ2v) is 1.91. The summed E-state index contributed by atoms with van der Waals surface area (Å²) < 4.78 is 4.86.